The number of nitrogens with zero attached hydrogens (tertiary/aromatic N) is 2. The first-order chi connectivity index (χ1) is 8.31. The molecule has 0 aromatic carbocycles. The minimum absolute atomic E-state index is 0.0936. The molecular weight excluding hydrogens is 252 g/mol. The van der Waals surface area contributed by atoms with E-state index in [0.29, 0.717) is 23.6 Å². The Kier molecular flexibility index (Phi) is 5.44. The quantitative estimate of drug-likeness (QED) is 0.584. The fourth-order valence-electron chi connectivity index (χ4n) is 3.14. The summed E-state index contributed by atoms with van der Waals surface area (Å²) in [4.78, 5) is 0. The van der Waals surface area contributed by atoms with E-state index in [1.54, 1.807) is 0 Å². The van der Waals surface area contributed by atoms with Crippen LogP contribution in [0, 0.1) is 5.92 Å². The molecule has 0 amide bonds. The Morgan fingerprint density at radius 2 is 1.78 bits per heavy atom. The number of hydrogen-bond donors (Lipinski definition) is 2. The van der Waals surface area contributed by atoms with Crippen LogP contribution in [0.5, 0.6) is 0 Å². The van der Waals surface area contributed by atoms with Crippen LogP contribution in [-0.4, -0.2) is 70.6 Å². The van der Waals surface area contributed by atoms with Crippen LogP contribution < -0.4 is 0 Å². The van der Waals surface area contributed by atoms with Crippen LogP contribution in [-0.2, 0) is 0 Å². The van der Waals surface area contributed by atoms with Crippen LogP contribution in [0.4, 0.5) is 0 Å². The zero-order chi connectivity index (χ0) is 14.0. The van der Waals surface area contributed by atoms with Gasteiger partial charge in [0.25, 0.3) is 0 Å². The number of piperidine rings is 1. The Morgan fingerprint density at radius 1 is 1.28 bits per heavy atom. The summed E-state index contributed by atoms with van der Waals surface area (Å²) in [7, 11) is 2.16. The van der Waals surface area contributed by atoms with Crippen LogP contribution in [0.1, 0.15) is 27.2 Å². The number of halogens is 1. The van der Waals surface area contributed by atoms with Gasteiger partial charge in [-0.15, -0.1) is 11.6 Å². The summed E-state index contributed by atoms with van der Waals surface area (Å²) in [6, 6.07) is 0. The van der Waals surface area contributed by atoms with E-state index in [-0.39, 0.29) is 24.1 Å². The average Bonchev–Trinajstić information content (AvgIpc) is 2.32. The molecule has 0 spiro atoms. The molecule has 1 fully saturated rings. The number of hydrogen-bond acceptors (Lipinski definition) is 3. The minimum atomic E-state index is -0.108. The molecule has 1 heterocycles. The number of likely N-dealkylation sites (tertiary alicyclic amines) is 1. The molecule has 0 bridgehead atoms. The van der Waals surface area contributed by atoms with Gasteiger partial charge in [-0.25, -0.2) is 4.59 Å². The number of aliphatic hydroxyl groups is 2. The molecule has 3 atom stereocenters. The maximum Gasteiger partial charge on any atom is 0.128 e. The van der Waals surface area contributed by atoms with E-state index in [2.05, 4.69) is 32.8 Å². The molecule has 5 heteroatoms. The smallest absolute Gasteiger partial charge is 0.128 e. The van der Waals surface area contributed by atoms with E-state index in [1.165, 1.54) is 0 Å². The zero-order valence-corrected chi connectivity index (χ0v) is 12.8. The molecule has 3 unspecified atom stereocenters. The third kappa shape index (κ3) is 2.68. The molecule has 1 saturated heterocycles. The highest BCUT2D eigenvalue weighted by Gasteiger charge is 2.54. The van der Waals surface area contributed by atoms with E-state index in [1.807, 2.05) is 0 Å². The lowest BCUT2D eigenvalue weighted by molar-refractivity contribution is -1.06. The first-order valence-corrected chi connectivity index (χ1v) is 7.21. The number of alkyl halides is 1. The summed E-state index contributed by atoms with van der Waals surface area (Å²) in [6.45, 7) is 8.91. The van der Waals surface area contributed by atoms with Crippen molar-refractivity contribution in [1.29, 1.82) is 0 Å². The van der Waals surface area contributed by atoms with Crippen molar-refractivity contribution in [2.75, 3.05) is 39.9 Å². The van der Waals surface area contributed by atoms with Crippen molar-refractivity contribution in [3.8, 4) is 0 Å². The molecule has 1 aliphatic heterocycles. The van der Waals surface area contributed by atoms with Crippen LogP contribution in [0.3, 0.4) is 0 Å². The maximum absolute atomic E-state index is 9.23. The highest BCUT2D eigenvalue weighted by Crippen LogP contribution is 2.41. The van der Waals surface area contributed by atoms with E-state index in [4.69, 9.17) is 11.6 Å². The lowest BCUT2D eigenvalue weighted by Crippen LogP contribution is -2.74. The third-order valence-electron chi connectivity index (χ3n) is 4.78. The molecule has 0 saturated carbocycles. The van der Waals surface area contributed by atoms with Gasteiger partial charge in [0, 0.05) is 6.42 Å². The molecule has 1 rings (SSSR count). The number of aliphatic hydroxyl groups excluding tert-OH is 2. The Morgan fingerprint density at radius 3 is 2.22 bits per heavy atom. The summed E-state index contributed by atoms with van der Waals surface area (Å²) in [5.41, 5.74) is -0.108. The van der Waals surface area contributed by atoms with E-state index in [9.17, 15) is 10.2 Å². The molecule has 2 N–H and O–H groups in total. The van der Waals surface area contributed by atoms with E-state index in [0.717, 1.165) is 13.0 Å². The Bertz CT molecular complexity index is 270. The van der Waals surface area contributed by atoms with Crippen molar-refractivity contribution in [3.05, 3.63) is 0 Å². The third-order valence-corrected chi connectivity index (χ3v) is 5.74. The van der Waals surface area contributed by atoms with Crippen LogP contribution in [0.25, 0.3) is 0 Å². The summed E-state index contributed by atoms with van der Waals surface area (Å²) >= 11 is 6.62. The van der Waals surface area contributed by atoms with Gasteiger partial charge in [0.2, 0.25) is 0 Å². The second kappa shape index (κ2) is 6.06. The van der Waals surface area contributed by atoms with E-state index >= 15 is 0 Å². The SMILES string of the molecule is CC1CC[N+](C)(N(CCO)CCO)C(C)(C)C1Cl. The van der Waals surface area contributed by atoms with Crippen LogP contribution in [0.15, 0.2) is 0 Å². The minimum Gasteiger partial charge on any atom is -0.395 e. The van der Waals surface area contributed by atoms with Gasteiger partial charge in [-0.05, 0) is 19.8 Å². The highest BCUT2D eigenvalue weighted by atomic mass is 35.5. The number of rotatable bonds is 5. The monoisotopic (exact) mass is 279 g/mol. The van der Waals surface area contributed by atoms with Gasteiger partial charge >= 0.3 is 0 Å². The molecule has 0 aliphatic carbocycles. The topological polar surface area (TPSA) is 43.7 Å². The van der Waals surface area contributed by atoms with Crippen LogP contribution in [0.2, 0.25) is 0 Å². The molecule has 1 aliphatic rings. The lowest BCUT2D eigenvalue weighted by atomic mass is 9.82. The molecule has 4 nitrogen and oxygen atoms in total. The van der Waals surface area contributed by atoms with Crippen LogP contribution >= 0.6 is 11.6 Å². The van der Waals surface area contributed by atoms with Crippen molar-refractivity contribution in [1.82, 2.24) is 5.01 Å². The Labute approximate surface area is 116 Å². The Balaban J connectivity index is 3.00. The summed E-state index contributed by atoms with van der Waals surface area (Å²) < 4.78 is 0.687. The number of quaternary nitrogens is 1. The second-order valence-corrected chi connectivity index (χ2v) is 6.56. The average molecular weight is 280 g/mol. The van der Waals surface area contributed by atoms with Crippen molar-refractivity contribution in [2.24, 2.45) is 5.92 Å². The summed E-state index contributed by atoms with van der Waals surface area (Å²) in [5, 5.41) is 20.7. The van der Waals surface area contributed by atoms with Crippen molar-refractivity contribution in [3.63, 3.8) is 0 Å². The van der Waals surface area contributed by atoms with Crippen molar-refractivity contribution in [2.45, 2.75) is 38.1 Å². The zero-order valence-electron chi connectivity index (χ0n) is 12.1. The largest absolute Gasteiger partial charge is 0.395 e. The van der Waals surface area contributed by atoms with Gasteiger partial charge in [-0.2, -0.15) is 5.01 Å². The Hall–Kier alpha value is 0.130. The molecule has 0 aromatic heterocycles. The second-order valence-electron chi connectivity index (χ2n) is 6.09. The molecular formula is C13H28ClN2O2+. The molecule has 18 heavy (non-hydrogen) atoms. The predicted molar refractivity (Wildman–Crippen MR) is 74.3 cm³/mol. The molecule has 0 aromatic rings. The van der Waals surface area contributed by atoms with Gasteiger partial charge in [0.05, 0.1) is 45.3 Å². The first-order valence-electron chi connectivity index (χ1n) is 6.78. The fourth-order valence-corrected chi connectivity index (χ4v) is 3.48. The fraction of sp³-hybridized carbons (Fsp3) is 1.00. The lowest BCUT2D eigenvalue weighted by Gasteiger charge is -2.58. The summed E-state index contributed by atoms with van der Waals surface area (Å²) in [5.74, 6) is 0.498. The van der Waals surface area contributed by atoms with E-state index < -0.39 is 0 Å². The van der Waals surface area contributed by atoms with Gasteiger partial charge in [0.15, 0.2) is 0 Å². The predicted octanol–water partition coefficient (Wildman–Crippen LogP) is 1.06. The van der Waals surface area contributed by atoms with Gasteiger partial charge < -0.3 is 10.2 Å². The van der Waals surface area contributed by atoms with Crippen molar-refractivity contribution < 1.29 is 14.8 Å². The van der Waals surface area contributed by atoms with Gasteiger partial charge in [-0.3, -0.25) is 0 Å². The maximum atomic E-state index is 9.23. The highest BCUT2D eigenvalue weighted by molar-refractivity contribution is 6.21. The van der Waals surface area contributed by atoms with Gasteiger partial charge in [0.1, 0.15) is 5.54 Å². The normalized spacial score (nSPS) is 36.0. The van der Waals surface area contributed by atoms with Gasteiger partial charge in [-0.1, -0.05) is 6.92 Å². The van der Waals surface area contributed by atoms with Crippen molar-refractivity contribution >= 4 is 11.6 Å². The molecule has 108 valence electrons. The molecule has 0 radical (unpaired) electrons. The standard InChI is InChI=1S/C13H28ClN2O2/c1-11-5-8-16(4,13(2,3)12(11)14)15(6-9-17)7-10-18/h11-12,17-18H,5-10H2,1-4H3/q+1. The first kappa shape index (κ1) is 16.2. The summed E-state index contributed by atoms with van der Waals surface area (Å²) in [6.07, 6.45) is 1.07.